The van der Waals surface area contributed by atoms with Crippen LogP contribution in [-0.4, -0.2) is 25.0 Å². The van der Waals surface area contributed by atoms with Crippen molar-refractivity contribution in [2.75, 3.05) is 11.1 Å². The number of hydrogen-bond donors (Lipinski definition) is 5. The van der Waals surface area contributed by atoms with Crippen LogP contribution in [0.3, 0.4) is 0 Å². The van der Waals surface area contributed by atoms with Crippen LogP contribution in [0.1, 0.15) is 24.4 Å². The highest BCUT2D eigenvalue weighted by molar-refractivity contribution is 6.01. The topological polar surface area (TPSA) is 116 Å². The number of aromatic amines is 2. The molecule has 0 saturated heterocycles. The van der Waals surface area contributed by atoms with Gasteiger partial charge in [0.15, 0.2) is 0 Å². The zero-order valence-corrected chi connectivity index (χ0v) is 17.8. The first-order valence-electron chi connectivity index (χ1n) is 10.4. The molecule has 6 N–H and O–H groups in total. The van der Waals surface area contributed by atoms with Gasteiger partial charge in [0, 0.05) is 40.5 Å². The molecular weight excluding hydrogens is 400 g/mol. The predicted octanol–water partition coefficient (Wildman–Crippen LogP) is 5.39. The van der Waals surface area contributed by atoms with Gasteiger partial charge in [0.05, 0.1) is 11.4 Å². The third kappa shape index (κ3) is 3.54. The number of hydrogen-bond acceptors (Lipinski definition) is 5. The minimum absolute atomic E-state index is 0.0472. The van der Waals surface area contributed by atoms with Gasteiger partial charge in [-0.05, 0) is 43.2 Å². The normalized spacial score (nSPS) is 12.2. The van der Waals surface area contributed by atoms with Crippen molar-refractivity contribution >= 4 is 22.5 Å². The lowest BCUT2D eigenvalue weighted by atomic mass is 10.0. The fourth-order valence-electron chi connectivity index (χ4n) is 4.18. The Morgan fingerprint density at radius 2 is 1.81 bits per heavy atom. The number of nitrogens with two attached hydrogens (primary N) is 1. The SMILES string of the molecule is Cc1cc(-c2ccccc2)c(C(C)Nc2ncnc3[nH]cc(-c4cc(N)cc(O)c4)c23)[nH]1. The molecule has 3 heterocycles. The molecule has 1 unspecified atom stereocenters. The Labute approximate surface area is 185 Å². The number of rotatable bonds is 5. The number of aryl methyl sites for hydroxylation is 1. The van der Waals surface area contributed by atoms with E-state index in [1.807, 2.05) is 30.5 Å². The molecule has 5 rings (SSSR count). The minimum Gasteiger partial charge on any atom is -0.508 e. The highest BCUT2D eigenvalue weighted by Crippen LogP contribution is 2.37. The largest absolute Gasteiger partial charge is 0.508 e. The van der Waals surface area contributed by atoms with E-state index >= 15 is 0 Å². The Bertz CT molecular complexity index is 1380. The first-order chi connectivity index (χ1) is 15.5. The van der Waals surface area contributed by atoms with Crippen LogP contribution in [0.4, 0.5) is 11.5 Å². The summed E-state index contributed by atoms with van der Waals surface area (Å²) in [6.45, 7) is 4.16. The smallest absolute Gasteiger partial charge is 0.143 e. The molecule has 0 bridgehead atoms. The van der Waals surface area contributed by atoms with Crippen molar-refractivity contribution in [3.63, 3.8) is 0 Å². The van der Waals surface area contributed by atoms with Crippen molar-refractivity contribution in [3.8, 4) is 28.0 Å². The Balaban J connectivity index is 1.57. The van der Waals surface area contributed by atoms with Gasteiger partial charge in [-0.15, -0.1) is 0 Å². The van der Waals surface area contributed by atoms with Crippen molar-refractivity contribution in [2.45, 2.75) is 19.9 Å². The van der Waals surface area contributed by atoms with Crippen molar-refractivity contribution < 1.29 is 5.11 Å². The fraction of sp³-hybridized carbons (Fsp3) is 0.120. The summed E-state index contributed by atoms with van der Waals surface area (Å²) in [6, 6.07) is 17.5. The number of phenolic OH excluding ortho intramolecular Hbond substituents is 1. The number of benzene rings is 2. The number of anilines is 2. The van der Waals surface area contributed by atoms with Gasteiger partial charge < -0.3 is 26.1 Å². The number of H-pyrrole nitrogens is 2. The average molecular weight is 425 g/mol. The van der Waals surface area contributed by atoms with Gasteiger partial charge in [-0.2, -0.15) is 0 Å². The van der Waals surface area contributed by atoms with Crippen LogP contribution in [0, 0.1) is 6.92 Å². The zero-order chi connectivity index (χ0) is 22.2. The van der Waals surface area contributed by atoms with Crippen LogP contribution in [0.2, 0.25) is 0 Å². The molecular formula is C25H24N6O. The molecule has 160 valence electrons. The van der Waals surface area contributed by atoms with Crippen LogP contribution in [0.5, 0.6) is 5.75 Å². The van der Waals surface area contributed by atoms with E-state index in [0.717, 1.165) is 39.0 Å². The molecule has 0 spiro atoms. The molecule has 32 heavy (non-hydrogen) atoms. The van der Waals surface area contributed by atoms with Crippen LogP contribution in [0.15, 0.2) is 67.1 Å². The Morgan fingerprint density at radius 3 is 2.59 bits per heavy atom. The summed E-state index contributed by atoms with van der Waals surface area (Å²) in [5, 5.41) is 14.4. The van der Waals surface area contributed by atoms with E-state index in [1.165, 1.54) is 12.4 Å². The third-order valence-electron chi connectivity index (χ3n) is 5.57. The Hall–Kier alpha value is -4.26. The van der Waals surface area contributed by atoms with Crippen LogP contribution in [-0.2, 0) is 0 Å². The molecule has 3 aromatic heterocycles. The molecule has 0 radical (unpaired) electrons. The summed E-state index contributed by atoms with van der Waals surface area (Å²) in [7, 11) is 0. The highest BCUT2D eigenvalue weighted by Gasteiger charge is 2.19. The first-order valence-corrected chi connectivity index (χ1v) is 10.4. The molecule has 0 aliphatic heterocycles. The maximum Gasteiger partial charge on any atom is 0.143 e. The van der Waals surface area contributed by atoms with E-state index < -0.39 is 0 Å². The summed E-state index contributed by atoms with van der Waals surface area (Å²) >= 11 is 0. The molecule has 0 aliphatic carbocycles. The summed E-state index contributed by atoms with van der Waals surface area (Å²) in [5.74, 6) is 0.815. The molecule has 0 fully saturated rings. The monoisotopic (exact) mass is 424 g/mol. The standard InChI is InChI=1S/C25H24N6O/c1-14-8-20(16-6-4-3-5-7-16)23(30-14)15(2)31-25-22-21(12-27-24(22)28-13-29-25)17-9-18(26)11-19(32)10-17/h3-13,15,30,32H,26H2,1-2H3,(H2,27,28,29,31). The maximum absolute atomic E-state index is 10.0. The van der Waals surface area contributed by atoms with E-state index in [4.69, 9.17) is 5.73 Å². The summed E-state index contributed by atoms with van der Waals surface area (Å²) in [4.78, 5) is 15.6. The van der Waals surface area contributed by atoms with E-state index in [-0.39, 0.29) is 11.8 Å². The number of phenols is 1. The molecule has 2 aromatic carbocycles. The lowest BCUT2D eigenvalue weighted by Crippen LogP contribution is -2.10. The molecule has 0 amide bonds. The van der Waals surface area contributed by atoms with E-state index in [1.54, 1.807) is 6.07 Å². The maximum atomic E-state index is 10.0. The first kappa shape index (κ1) is 19.7. The van der Waals surface area contributed by atoms with Crippen molar-refractivity contribution in [2.24, 2.45) is 0 Å². The van der Waals surface area contributed by atoms with E-state index in [0.29, 0.717) is 17.2 Å². The summed E-state index contributed by atoms with van der Waals surface area (Å²) in [6.07, 6.45) is 3.39. The predicted molar refractivity (Wildman–Crippen MR) is 128 cm³/mol. The number of nitrogen functional groups attached to an aromatic ring is 1. The zero-order valence-electron chi connectivity index (χ0n) is 17.8. The number of nitrogens with zero attached hydrogens (tertiary/aromatic N) is 2. The number of aromatic hydroxyl groups is 1. The van der Waals surface area contributed by atoms with Gasteiger partial charge in [0.2, 0.25) is 0 Å². The van der Waals surface area contributed by atoms with Crippen LogP contribution >= 0.6 is 0 Å². The van der Waals surface area contributed by atoms with Gasteiger partial charge in [0.1, 0.15) is 23.5 Å². The second kappa shape index (κ2) is 7.77. The average Bonchev–Trinajstić information content (AvgIpc) is 3.38. The van der Waals surface area contributed by atoms with Crippen LogP contribution < -0.4 is 11.1 Å². The molecule has 5 aromatic rings. The number of aromatic nitrogens is 4. The van der Waals surface area contributed by atoms with Crippen molar-refractivity contribution in [1.29, 1.82) is 0 Å². The Morgan fingerprint density at radius 1 is 1.00 bits per heavy atom. The minimum atomic E-state index is -0.0472. The lowest BCUT2D eigenvalue weighted by Gasteiger charge is -2.17. The third-order valence-corrected chi connectivity index (χ3v) is 5.57. The lowest BCUT2D eigenvalue weighted by molar-refractivity contribution is 0.476. The second-order valence-corrected chi connectivity index (χ2v) is 7.97. The highest BCUT2D eigenvalue weighted by atomic mass is 16.3. The van der Waals surface area contributed by atoms with Gasteiger partial charge in [-0.25, -0.2) is 9.97 Å². The van der Waals surface area contributed by atoms with Crippen molar-refractivity contribution in [3.05, 3.63) is 78.5 Å². The number of nitrogens with one attached hydrogen (secondary N) is 3. The molecule has 7 nitrogen and oxygen atoms in total. The quantitative estimate of drug-likeness (QED) is 0.243. The molecule has 7 heteroatoms. The molecule has 1 atom stereocenters. The number of fused-ring (bicyclic) bond motifs is 1. The van der Waals surface area contributed by atoms with Crippen LogP contribution in [0.25, 0.3) is 33.3 Å². The Kier molecular flexibility index (Phi) is 4.78. The summed E-state index contributed by atoms with van der Waals surface area (Å²) < 4.78 is 0. The van der Waals surface area contributed by atoms with E-state index in [9.17, 15) is 5.11 Å². The van der Waals surface area contributed by atoms with Gasteiger partial charge in [-0.1, -0.05) is 30.3 Å². The fourth-order valence-corrected chi connectivity index (χ4v) is 4.18. The van der Waals surface area contributed by atoms with Gasteiger partial charge in [-0.3, -0.25) is 0 Å². The molecule has 0 saturated carbocycles. The van der Waals surface area contributed by atoms with Gasteiger partial charge in [0.25, 0.3) is 0 Å². The molecule has 0 aliphatic rings. The van der Waals surface area contributed by atoms with Gasteiger partial charge >= 0.3 is 0 Å². The van der Waals surface area contributed by atoms with E-state index in [2.05, 4.69) is 57.3 Å². The van der Waals surface area contributed by atoms with Crippen molar-refractivity contribution in [1.82, 2.24) is 19.9 Å². The summed E-state index contributed by atoms with van der Waals surface area (Å²) in [5.41, 5.74) is 13.3. The second-order valence-electron chi connectivity index (χ2n) is 7.97.